The summed E-state index contributed by atoms with van der Waals surface area (Å²) in [7, 11) is 0. The van der Waals surface area contributed by atoms with E-state index in [-0.39, 0.29) is 0 Å². The van der Waals surface area contributed by atoms with Gasteiger partial charge in [0.2, 0.25) is 0 Å². The molecule has 2 atom stereocenters. The van der Waals surface area contributed by atoms with Gasteiger partial charge in [-0.15, -0.1) is 0 Å². The number of aromatic nitrogens is 1. The minimum Gasteiger partial charge on any atom is -0.366 e. The quantitative estimate of drug-likeness (QED) is 0.754. The molecule has 0 radical (unpaired) electrons. The molecule has 1 aliphatic carbocycles. The van der Waals surface area contributed by atoms with Crippen molar-refractivity contribution in [1.82, 2.24) is 10.3 Å². The first-order chi connectivity index (χ1) is 9.67. The maximum Gasteiger partial charge on any atom is 0.0226 e. The van der Waals surface area contributed by atoms with Crippen molar-refractivity contribution in [2.24, 2.45) is 11.8 Å². The van der Waals surface area contributed by atoms with Crippen molar-refractivity contribution in [1.29, 1.82) is 0 Å². The third-order valence-electron chi connectivity index (χ3n) is 4.44. The summed E-state index contributed by atoms with van der Waals surface area (Å²) < 4.78 is 0. The van der Waals surface area contributed by atoms with Crippen LogP contribution >= 0.6 is 0 Å². The third-order valence-corrected chi connectivity index (χ3v) is 4.44. The van der Waals surface area contributed by atoms with Gasteiger partial charge in [-0.1, -0.05) is 45.6 Å². The summed E-state index contributed by atoms with van der Waals surface area (Å²) in [4.78, 5) is 3.44. The Morgan fingerprint density at radius 2 is 2.35 bits per heavy atom. The smallest absolute Gasteiger partial charge is 0.0226 e. The van der Waals surface area contributed by atoms with Crippen LogP contribution in [-0.2, 0) is 12.8 Å². The molecule has 0 aliphatic heterocycles. The Kier molecular flexibility index (Phi) is 4.89. The number of hydrogen-bond acceptors (Lipinski definition) is 1. The molecule has 0 amide bonds. The second-order valence-electron chi connectivity index (χ2n) is 5.72. The normalized spacial score (nSPS) is 16.3. The molecule has 1 aromatic heterocycles. The molecule has 1 aromatic rings. The molecule has 2 unspecified atom stereocenters. The van der Waals surface area contributed by atoms with Gasteiger partial charge < -0.3 is 10.3 Å². The Bertz CT molecular complexity index is 507. The summed E-state index contributed by atoms with van der Waals surface area (Å²) in [5.74, 6) is 1.04. The predicted octanol–water partition coefficient (Wildman–Crippen LogP) is 4.43. The summed E-state index contributed by atoms with van der Waals surface area (Å²) in [6, 6.07) is 0. The van der Waals surface area contributed by atoms with E-state index in [4.69, 9.17) is 0 Å². The summed E-state index contributed by atoms with van der Waals surface area (Å²) in [5, 5.41) is 3.19. The maximum absolute atomic E-state index is 4.20. The molecule has 0 fully saturated rings. The number of H-pyrrole nitrogens is 1. The first-order valence-corrected chi connectivity index (χ1v) is 7.59. The standard InChI is InChI=1S/C18H26N2/c1-5-13(3)17(14(4)19-6-2)11-15-12-20-18-10-8-7-9-16(15)18/h6-7,9,12-13,17,19-20H,2,4-5,8,10-11H2,1,3H3. The van der Waals surface area contributed by atoms with Crippen molar-refractivity contribution in [2.45, 2.75) is 39.5 Å². The highest BCUT2D eigenvalue weighted by molar-refractivity contribution is 5.59. The van der Waals surface area contributed by atoms with Gasteiger partial charge >= 0.3 is 0 Å². The fraction of sp³-hybridized carbons (Fsp3) is 0.444. The van der Waals surface area contributed by atoms with Gasteiger partial charge in [-0.25, -0.2) is 0 Å². The number of nitrogens with one attached hydrogen (secondary N) is 2. The maximum atomic E-state index is 4.20. The van der Waals surface area contributed by atoms with E-state index in [0.717, 1.165) is 31.4 Å². The molecule has 0 spiro atoms. The second-order valence-corrected chi connectivity index (χ2v) is 5.72. The number of rotatable bonds is 7. The number of fused-ring (bicyclic) bond motifs is 1. The molecule has 0 saturated carbocycles. The molecule has 0 saturated heterocycles. The highest BCUT2D eigenvalue weighted by Gasteiger charge is 2.22. The van der Waals surface area contributed by atoms with Gasteiger partial charge in [0.15, 0.2) is 0 Å². The van der Waals surface area contributed by atoms with Crippen molar-refractivity contribution in [2.75, 3.05) is 0 Å². The lowest BCUT2D eigenvalue weighted by Gasteiger charge is -2.25. The predicted molar refractivity (Wildman–Crippen MR) is 87.3 cm³/mol. The zero-order chi connectivity index (χ0) is 14.5. The lowest BCUT2D eigenvalue weighted by Crippen LogP contribution is -2.23. The zero-order valence-corrected chi connectivity index (χ0v) is 12.7. The average molecular weight is 270 g/mol. The van der Waals surface area contributed by atoms with Gasteiger partial charge in [0, 0.05) is 23.5 Å². The lowest BCUT2D eigenvalue weighted by atomic mass is 9.83. The average Bonchev–Trinajstić information content (AvgIpc) is 2.87. The number of aromatic amines is 1. The first kappa shape index (κ1) is 14.7. The minimum atomic E-state index is 0.438. The van der Waals surface area contributed by atoms with Crippen LogP contribution in [0.1, 0.15) is 43.5 Å². The highest BCUT2D eigenvalue weighted by Crippen LogP contribution is 2.30. The van der Waals surface area contributed by atoms with E-state index in [1.54, 1.807) is 6.20 Å². The molecule has 2 N–H and O–H groups in total. The molecule has 0 bridgehead atoms. The monoisotopic (exact) mass is 270 g/mol. The van der Waals surface area contributed by atoms with Crippen molar-refractivity contribution >= 4 is 6.08 Å². The molecule has 2 rings (SSSR count). The van der Waals surface area contributed by atoms with Crippen LogP contribution in [0.4, 0.5) is 0 Å². The van der Waals surface area contributed by atoms with E-state index < -0.39 is 0 Å². The van der Waals surface area contributed by atoms with Crippen LogP contribution < -0.4 is 5.32 Å². The molecule has 108 valence electrons. The summed E-state index contributed by atoms with van der Waals surface area (Å²) in [5.41, 5.74) is 5.26. The Labute approximate surface area is 122 Å². The molecule has 0 aromatic carbocycles. The first-order valence-electron chi connectivity index (χ1n) is 7.59. The van der Waals surface area contributed by atoms with Crippen LogP contribution in [0, 0.1) is 11.8 Å². The highest BCUT2D eigenvalue weighted by atomic mass is 14.9. The van der Waals surface area contributed by atoms with E-state index in [9.17, 15) is 0 Å². The topological polar surface area (TPSA) is 27.8 Å². The summed E-state index contributed by atoms with van der Waals surface area (Å²) >= 11 is 0. The number of allylic oxidation sites excluding steroid dienone is 2. The van der Waals surface area contributed by atoms with Crippen LogP contribution in [0.5, 0.6) is 0 Å². The molecular weight excluding hydrogens is 244 g/mol. The number of aryl methyl sites for hydroxylation is 1. The van der Waals surface area contributed by atoms with Gasteiger partial charge in [-0.05, 0) is 42.5 Å². The SMILES string of the molecule is C=CNC(=C)C(Cc1c[nH]c2c1C=CCC2)C(C)CC. The van der Waals surface area contributed by atoms with Crippen molar-refractivity contribution in [3.8, 4) is 0 Å². The van der Waals surface area contributed by atoms with Crippen molar-refractivity contribution < 1.29 is 0 Å². The van der Waals surface area contributed by atoms with E-state index in [1.165, 1.54) is 16.8 Å². The van der Waals surface area contributed by atoms with Crippen LogP contribution in [0.25, 0.3) is 6.08 Å². The van der Waals surface area contributed by atoms with E-state index in [0.29, 0.717) is 11.8 Å². The summed E-state index contributed by atoms with van der Waals surface area (Å²) in [6.45, 7) is 12.5. The Morgan fingerprint density at radius 3 is 3.05 bits per heavy atom. The minimum absolute atomic E-state index is 0.438. The fourth-order valence-corrected chi connectivity index (χ4v) is 2.96. The van der Waals surface area contributed by atoms with Gasteiger partial charge in [-0.2, -0.15) is 0 Å². The fourth-order valence-electron chi connectivity index (χ4n) is 2.96. The molecule has 20 heavy (non-hydrogen) atoms. The molecule has 2 heteroatoms. The third kappa shape index (κ3) is 3.06. The largest absolute Gasteiger partial charge is 0.366 e. The van der Waals surface area contributed by atoms with Gasteiger partial charge in [0.1, 0.15) is 0 Å². The molecular formula is C18H26N2. The van der Waals surface area contributed by atoms with Crippen LogP contribution in [-0.4, -0.2) is 4.98 Å². The molecule has 1 aliphatic rings. The lowest BCUT2D eigenvalue weighted by molar-refractivity contribution is 0.385. The van der Waals surface area contributed by atoms with Crippen LogP contribution in [0.2, 0.25) is 0 Å². The Hall–Kier alpha value is -1.70. The Morgan fingerprint density at radius 1 is 1.55 bits per heavy atom. The van der Waals surface area contributed by atoms with Crippen LogP contribution in [0.3, 0.4) is 0 Å². The van der Waals surface area contributed by atoms with Gasteiger partial charge in [0.05, 0.1) is 0 Å². The van der Waals surface area contributed by atoms with E-state index >= 15 is 0 Å². The van der Waals surface area contributed by atoms with E-state index in [1.807, 2.05) is 0 Å². The molecule has 1 heterocycles. The van der Waals surface area contributed by atoms with Crippen molar-refractivity contribution in [3.05, 3.63) is 54.1 Å². The Balaban J connectivity index is 2.20. The molecule has 2 nitrogen and oxygen atoms in total. The van der Waals surface area contributed by atoms with Crippen LogP contribution in [0.15, 0.2) is 37.3 Å². The van der Waals surface area contributed by atoms with Gasteiger partial charge in [-0.3, -0.25) is 0 Å². The van der Waals surface area contributed by atoms with Crippen molar-refractivity contribution in [3.63, 3.8) is 0 Å². The van der Waals surface area contributed by atoms with E-state index in [2.05, 4.69) is 55.7 Å². The second kappa shape index (κ2) is 6.65. The number of hydrogen-bond donors (Lipinski definition) is 2. The zero-order valence-electron chi connectivity index (χ0n) is 12.7. The summed E-state index contributed by atoms with van der Waals surface area (Å²) in [6.07, 6.45) is 12.9. The van der Waals surface area contributed by atoms with Gasteiger partial charge in [0.25, 0.3) is 0 Å².